The van der Waals surface area contributed by atoms with Crippen molar-refractivity contribution in [3.8, 4) is 0 Å². The molecule has 1 aliphatic carbocycles. The fraction of sp³-hybridized carbons (Fsp3) is 0.857. The number of halogens is 3. The largest absolute Gasteiger partial charge is 0.406 e. The second-order valence-corrected chi connectivity index (χ2v) is 6.05. The Morgan fingerprint density at radius 2 is 1.68 bits per heavy atom. The molecule has 22 heavy (non-hydrogen) atoms. The number of hydrogen-bond acceptors (Lipinski definition) is 2. The Bertz CT molecular complexity index is 393. The maximum absolute atomic E-state index is 12.2. The molecule has 0 aliphatic heterocycles. The van der Waals surface area contributed by atoms with Gasteiger partial charge in [0.25, 0.3) is 0 Å². The molecule has 1 fully saturated rings. The summed E-state index contributed by atoms with van der Waals surface area (Å²) in [6, 6.07) is -0.299. The van der Waals surface area contributed by atoms with Crippen LogP contribution in [0, 0.1) is 5.92 Å². The summed E-state index contributed by atoms with van der Waals surface area (Å²) < 4.78 is 36.5. The van der Waals surface area contributed by atoms with Gasteiger partial charge in [0.05, 0.1) is 6.54 Å². The second-order valence-electron chi connectivity index (χ2n) is 6.05. The summed E-state index contributed by atoms with van der Waals surface area (Å²) >= 11 is 0. The molecule has 0 aromatic heterocycles. The average Bonchev–Trinajstić information content (AvgIpc) is 2.42. The Morgan fingerprint density at radius 1 is 1.14 bits per heavy atom. The zero-order valence-electron chi connectivity index (χ0n) is 13.2. The molecule has 1 rings (SSSR count). The van der Waals surface area contributed by atoms with Crippen molar-refractivity contribution in [3.05, 3.63) is 0 Å². The summed E-state index contributed by atoms with van der Waals surface area (Å²) in [5.41, 5.74) is 0. The third kappa shape index (κ3) is 6.11. The molecule has 1 aliphatic rings. The predicted molar refractivity (Wildman–Crippen MR) is 76.3 cm³/mol. The summed E-state index contributed by atoms with van der Waals surface area (Å²) in [6.45, 7) is 0.419. The number of likely N-dealkylation sites (N-methyl/N-ethyl adjacent to an activating group) is 1. The first-order valence-corrected chi connectivity index (χ1v) is 7.41. The van der Waals surface area contributed by atoms with Crippen molar-refractivity contribution in [1.29, 1.82) is 0 Å². The number of urea groups is 1. The maximum Gasteiger partial charge on any atom is 0.406 e. The van der Waals surface area contributed by atoms with Gasteiger partial charge in [-0.25, -0.2) is 4.79 Å². The highest BCUT2D eigenvalue weighted by molar-refractivity contribution is 5.83. The average molecular weight is 323 g/mol. The van der Waals surface area contributed by atoms with Crippen molar-refractivity contribution in [2.24, 2.45) is 5.92 Å². The van der Waals surface area contributed by atoms with E-state index in [1.54, 1.807) is 11.9 Å². The molecule has 1 N–H and O–H groups in total. The summed E-state index contributed by atoms with van der Waals surface area (Å²) in [5, 5.41) is 2.39. The monoisotopic (exact) mass is 323 g/mol. The first-order chi connectivity index (χ1) is 10.1. The number of alkyl halides is 3. The van der Waals surface area contributed by atoms with Crippen LogP contribution in [-0.4, -0.2) is 61.1 Å². The van der Waals surface area contributed by atoms with Crippen molar-refractivity contribution in [3.63, 3.8) is 0 Å². The van der Waals surface area contributed by atoms with Gasteiger partial charge in [0.15, 0.2) is 0 Å². The van der Waals surface area contributed by atoms with Crippen molar-refractivity contribution < 1.29 is 22.8 Å². The van der Waals surface area contributed by atoms with Crippen LogP contribution in [0.15, 0.2) is 0 Å². The number of amides is 3. The molecule has 128 valence electrons. The van der Waals surface area contributed by atoms with Crippen molar-refractivity contribution in [2.75, 3.05) is 27.2 Å². The lowest BCUT2D eigenvalue weighted by molar-refractivity contribution is -0.157. The standard InChI is InChI=1S/C14H24F3N3O2/c1-10-4-6-11(7-5-10)20(3)13(22)18-8-12(21)19(2)9-14(15,16)17/h10-11H,4-9H2,1-3H3,(H,18,22). The number of nitrogens with one attached hydrogen (secondary N) is 1. The number of nitrogens with zero attached hydrogens (tertiary/aromatic N) is 2. The first-order valence-electron chi connectivity index (χ1n) is 7.41. The molecule has 0 unspecified atom stereocenters. The maximum atomic E-state index is 12.2. The summed E-state index contributed by atoms with van der Waals surface area (Å²) in [7, 11) is 2.72. The minimum Gasteiger partial charge on any atom is -0.335 e. The molecular weight excluding hydrogens is 299 g/mol. The molecule has 0 bridgehead atoms. The molecule has 0 saturated heterocycles. The molecule has 0 radical (unpaired) electrons. The van der Waals surface area contributed by atoms with E-state index in [1.165, 1.54) is 0 Å². The van der Waals surface area contributed by atoms with Gasteiger partial charge in [0.2, 0.25) is 5.91 Å². The van der Waals surface area contributed by atoms with Crippen LogP contribution < -0.4 is 5.32 Å². The fourth-order valence-electron chi connectivity index (χ4n) is 2.56. The van der Waals surface area contributed by atoms with E-state index < -0.39 is 31.2 Å². The Balaban J connectivity index is 2.37. The van der Waals surface area contributed by atoms with Gasteiger partial charge in [-0.1, -0.05) is 6.92 Å². The third-order valence-electron chi connectivity index (χ3n) is 4.09. The highest BCUT2D eigenvalue weighted by atomic mass is 19.4. The lowest BCUT2D eigenvalue weighted by Gasteiger charge is -2.33. The Labute approximate surface area is 128 Å². The number of carbonyl (C=O) groups excluding carboxylic acids is 2. The Kier molecular flexibility index (Phi) is 6.49. The molecule has 0 aromatic rings. The summed E-state index contributed by atoms with van der Waals surface area (Å²) in [4.78, 5) is 25.6. The smallest absolute Gasteiger partial charge is 0.335 e. The van der Waals surface area contributed by atoms with Crippen molar-refractivity contribution in [2.45, 2.75) is 44.8 Å². The van der Waals surface area contributed by atoms with Crippen LogP contribution in [0.2, 0.25) is 0 Å². The predicted octanol–water partition coefficient (Wildman–Crippen LogP) is 2.23. The van der Waals surface area contributed by atoms with Crippen LogP contribution in [0.1, 0.15) is 32.6 Å². The van der Waals surface area contributed by atoms with E-state index in [-0.39, 0.29) is 6.04 Å². The van der Waals surface area contributed by atoms with E-state index in [0.717, 1.165) is 32.7 Å². The summed E-state index contributed by atoms with van der Waals surface area (Å²) in [6.07, 6.45) is -0.519. The van der Waals surface area contributed by atoms with E-state index in [4.69, 9.17) is 0 Å². The van der Waals surface area contributed by atoms with Crippen molar-refractivity contribution >= 4 is 11.9 Å². The zero-order chi connectivity index (χ0) is 16.9. The molecule has 1 saturated carbocycles. The van der Waals surface area contributed by atoms with E-state index in [9.17, 15) is 22.8 Å². The van der Waals surface area contributed by atoms with Gasteiger partial charge in [0, 0.05) is 20.1 Å². The van der Waals surface area contributed by atoms with Gasteiger partial charge < -0.3 is 15.1 Å². The Hall–Kier alpha value is -1.47. The molecule has 0 heterocycles. The normalized spacial score (nSPS) is 22.1. The highest BCUT2D eigenvalue weighted by Gasteiger charge is 2.31. The minimum absolute atomic E-state index is 0.124. The van der Waals surface area contributed by atoms with Gasteiger partial charge >= 0.3 is 12.2 Å². The van der Waals surface area contributed by atoms with Crippen LogP contribution >= 0.6 is 0 Å². The zero-order valence-corrected chi connectivity index (χ0v) is 13.2. The molecular formula is C14H24F3N3O2. The van der Waals surface area contributed by atoms with Crippen molar-refractivity contribution in [1.82, 2.24) is 15.1 Å². The molecule has 5 nitrogen and oxygen atoms in total. The fourth-order valence-corrected chi connectivity index (χ4v) is 2.56. The van der Waals surface area contributed by atoms with Gasteiger partial charge in [-0.05, 0) is 31.6 Å². The molecule has 8 heteroatoms. The first kappa shape index (κ1) is 18.6. The van der Waals surface area contributed by atoms with Crippen LogP contribution in [0.5, 0.6) is 0 Å². The van der Waals surface area contributed by atoms with E-state index in [1.807, 2.05) is 0 Å². The molecule has 0 aromatic carbocycles. The van der Waals surface area contributed by atoms with Crippen LogP contribution in [0.4, 0.5) is 18.0 Å². The second kappa shape index (κ2) is 7.69. The van der Waals surface area contributed by atoms with Gasteiger partial charge in [-0.2, -0.15) is 13.2 Å². The lowest BCUT2D eigenvalue weighted by atomic mass is 9.87. The lowest BCUT2D eigenvalue weighted by Crippen LogP contribution is -2.48. The molecule has 0 atom stereocenters. The molecule has 0 spiro atoms. The number of rotatable bonds is 4. The van der Waals surface area contributed by atoms with E-state index >= 15 is 0 Å². The molecule has 3 amide bonds. The van der Waals surface area contributed by atoms with E-state index in [0.29, 0.717) is 10.8 Å². The SMILES string of the molecule is CC1CCC(N(C)C(=O)NCC(=O)N(C)CC(F)(F)F)CC1. The van der Waals surface area contributed by atoms with Gasteiger partial charge in [0.1, 0.15) is 6.54 Å². The Morgan fingerprint density at radius 3 is 2.18 bits per heavy atom. The topological polar surface area (TPSA) is 52.7 Å². The van der Waals surface area contributed by atoms with Crippen LogP contribution in [0.25, 0.3) is 0 Å². The van der Waals surface area contributed by atoms with Crippen LogP contribution in [0.3, 0.4) is 0 Å². The van der Waals surface area contributed by atoms with Gasteiger partial charge in [-0.15, -0.1) is 0 Å². The quantitative estimate of drug-likeness (QED) is 0.862. The number of carbonyl (C=O) groups is 2. The van der Waals surface area contributed by atoms with E-state index in [2.05, 4.69) is 12.2 Å². The highest BCUT2D eigenvalue weighted by Crippen LogP contribution is 2.26. The number of hydrogen-bond donors (Lipinski definition) is 1. The summed E-state index contributed by atoms with van der Waals surface area (Å²) in [5.74, 6) is -0.110. The van der Waals surface area contributed by atoms with Gasteiger partial charge in [-0.3, -0.25) is 4.79 Å². The van der Waals surface area contributed by atoms with Crippen LogP contribution in [-0.2, 0) is 4.79 Å². The minimum atomic E-state index is -4.44. The third-order valence-corrected chi connectivity index (χ3v) is 4.09.